The molecule has 0 radical (unpaired) electrons. The van der Waals surface area contributed by atoms with E-state index >= 15 is 0 Å². The fourth-order valence-corrected chi connectivity index (χ4v) is 6.52. The lowest BCUT2D eigenvalue weighted by molar-refractivity contribution is -0.122. The maximum Gasteiger partial charge on any atom is 0.348 e. The number of primary amides is 1. The van der Waals surface area contributed by atoms with Crippen molar-refractivity contribution < 1.29 is 9.21 Å². The van der Waals surface area contributed by atoms with Crippen molar-refractivity contribution in [2.24, 2.45) is 5.73 Å². The van der Waals surface area contributed by atoms with Crippen molar-refractivity contribution in [3.8, 4) is 22.4 Å². The van der Waals surface area contributed by atoms with Crippen molar-refractivity contribution in [1.29, 1.82) is 0 Å². The summed E-state index contributed by atoms with van der Waals surface area (Å²) in [6, 6.07) is 22.3. The Labute approximate surface area is 238 Å². The van der Waals surface area contributed by atoms with Gasteiger partial charge in [0.05, 0.1) is 6.04 Å². The summed E-state index contributed by atoms with van der Waals surface area (Å²) in [5.41, 5.74) is 13.7. The molecular formula is C33H33N5O3. The zero-order valence-electron chi connectivity index (χ0n) is 23.2. The van der Waals surface area contributed by atoms with Crippen molar-refractivity contribution >= 4 is 28.0 Å². The number of carbonyl (C=O) groups excluding carboxylic acids is 1. The first-order valence-electron chi connectivity index (χ1n) is 14.3. The normalized spacial score (nSPS) is 17.8. The molecule has 1 saturated heterocycles. The quantitative estimate of drug-likeness (QED) is 0.338. The number of benzene rings is 3. The minimum Gasteiger partial charge on any atom is -0.452 e. The van der Waals surface area contributed by atoms with Gasteiger partial charge in [-0.3, -0.25) is 14.3 Å². The molecule has 0 saturated carbocycles. The molecule has 8 nitrogen and oxygen atoms in total. The number of aromatic nitrogens is 2. The molecule has 5 aromatic rings. The summed E-state index contributed by atoms with van der Waals surface area (Å²) in [5.74, 6) is -0.313. The molecule has 0 bridgehead atoms. The second-order valence-corrected chi connectivity index (χ2v) is 11.3. The maximum absolute atomic E-state index is 13.6. The zero-order valence-corrected chi connectivity index (χ0v) is 23.2. The molecule has 8 heteroatoms. The molecule has 1 fully saturated rings. The van der Waals surface area contributed by atoms with Crippen molar-refractivity contribution in [1.82, 2.24) is 19.4 Å². The number of fused-ring (bicyclic) bond motifs is 4. The SMILES string of the molecule is CN1CCc2ccc(-c3ccc4oc5c(-c6ccccc6)nc(=O)n(CCN6CCCC6C(N)=O)c5c4c3)cc2C1. The molecule has 2 aliphatic heterocycles. The molecule has 1 atom stereocenters. The van der Waals surface area contributed by atoms with E-state index < -0.39 is 0 Å². The lowest BCUT2D eigenvalue weighted by Crippen LogP contribution is -2.42. The van der Waals surface area contributed by atoms with Crippen LogP contribution in [0.4, 0.5) is 0 Å². The summed E-state index contributed by atoms with van der Waals surface area (Å²) in [6.45, 7) is 3.70. The Kier molecular flexibility index (Phi) is 6.44. The molecule has 4 heterocycles. The molecule has 3 aromatic carbocycles. The number of hydrogen-bond donors (Lipinski definition) is 1. The Morgan fingerprint density at radius 2 is 1.78 bits per heavy atom. The number of likely N-dealkylation sites (N-methyl/N-ethyl adjacent to an activating group) is 1. The van der Waals surface area contributed by atoms with Crippen LogP contribution < -0.4 is 11.4 Å². The molecule has 7 rings (SSSR count). The van der Waals surface area contributed by atoms with Gasteiger partial charge in [0, 0.05) is 37.1 Å². The molecule has 0 spiro atoms. The monoisotopic (exact) mass is 547 g/mol. The summed E-state index contributed by atoms with van der Waals surface area (Å²) in [4.78, 5) is 34.6. The lowest BCUT2D eigenvalue weighted by Gasteiger charge is -2.25. The van der Waals surface area contributed by atoms with E-state index in [2.05, 4.69) is 52.2 Å². The highest BCUT2D eigenvalue weighted by atomic mass is 16.3. The maximum atomic E-state index is 13.6. The number of rotatable bonds is 6. The van der Waals surface area contributed by atoms with Gasteiger partial charge in [0.15, 0.2) is 5.58 Å². The van der Waals surface area contributed by atoms with E-state index in [-0.39, 0.29) is 17.6 Å². The average Bonchev–Trinajstić information content (AvgIpc) is 3.61. The van der Waals surface area contributed by atoms with Crippen molar-refractivity contribution in [2.75, 3.05) is 26.7 Å². The van der Waals surface area contributed by atoms with Crippen molar-refractivity contribution in [3.63, 3.8) is 0 Å². The number of carbonyl (C=O) groups is 1. The Bertz CT molecular complexity index is 1840. The van der Waals surface area contributed by atoms with Crippen LogP contribution in [0.3, 0.4) is 0 Å². The van der Waals surface area contributed by atoms with E-state index in [1.54, 1.807) is 4.57 Å². The van der Waals surface area contributed by atoms with Gasteiger partial charge in [-0.05, 0) is 73.3 Å². The molecule has 2 N–H and O–H groups in total. The van der Waals surface area contributed by atoms with Crippen LogP contribution in [0, 0.1) is 0 Å². The number of amides is 1. The Morgan fingerprint density at radius 1 is 0.976 bits per heavy atom. The highest BCUT2D eigenvalue weighted by molar-refractivity contribution is 6.08. The number of nitrogens with two attached hydrogens (primary N) is 1. The average molecular weight is 548 g/mol. The number of nitrogens with zero attached hydrogens (tertiary/aromatic N) is 4. The number of hydrogen-bond acceptors (Lipinski definition) is 6. The van der Waals surface area contributed by atoms with Gasteiger partial charge < -0.3 is 15.1 Å². The van der Waals surface area contributed by atoms with Gasteiger partial charge in [0.25, 0.3) is 0 Å². The predicted octanol–water partition coefficient (Wildman–Crippen LogP) is 4.41. The molecule has 1 unspecified atom stereocenters. The van der Waals surface area contributed by atoms with Crippen LogP contribution in [0.5, 0.6) is 0 Å². The van der Waals surface area contributed by atoms with Gasteiger partial charge in [0.1, 0.15) is 16.8 Å². The molecule has 2 aliphatic rings. The summed E-state index contributed by atoms with van der Waals surface area (Å²) in [5, 5.41) is 0.872. The van der Waals surface area contributed by atoms with E-state index in [1.807, 2.05) is 36.4 Å². The van der Waals surface area contributed by atoms with Crippen LogP contribution in [0.15, 0.2) is 75.9 Å². The third-order valence-electron chi connectivity index (χ3n) is 8.68. The fourth-order valence-electron chi connectivity index (χ4n) is 6.52. The molecule has 41 heavy (non-hydrogen) atoms. The van der Waals surface area contributed by atoms with Gasteiger partial charge in [-0.15, -0.1) is 0 Å². The van der Waals surface area contributed by atoms with Gasteiger partial charge in [-0.1, -0.05) is 48.5 Å². The van der Waals surface area contributed by atoms with E-state index in [1.165, 1.54) is 11.1 Å². The second kappa shape index (κ2) is 10.3. The standard InChI is InChI=1S/C33H33N5O3/c1-36-15-13-21-9-10-23(18-25(21)20-36)24-11-12-28-26(19-24)30-31(41-28)29(22-6-3-2-4-7-22)35-33(40)38(30)17-16-37-14-5-8-27(37)32(34)39/h2-4,6-7,9-12,18-19,27H,5,8,13-17,20H2,1H3,(H2,34,39). The third kappa shape index (κ3) is 4.63. The first-order valence-corrected chi connectivity index (χ1v) is 14.3. The Morgan fingerprint density at radius 3 is 2.61 bits per heavy atom. The van der Waals surface area contributed by atoms with Crippen LogP contribution in [0.2, 0.25) is 0 Å². The predicted molar refractivity (Wildman–Crippen MR) is 160 cm³/mol. The number of furan rings is 1. The molecule has 208 valence electrons. The van der Waals surface area contributed by atoms with Gasteiger partial charge in [-0.25, -0.2) is 4.79 Å². The first-order chi connectivity index (χ1) is 20.0. The highest BCUT2D eigenvalue weighted by Gasteiger charge is 2.29. The first kappa shape index (κ1) is 25.7. The van der Waals surface area contributed by atoms with Crippen LogP contribution >= 0.6 is 0 Å². The zero-order chi connectivity index (χ0) is 28.1. The lowest BCUT2D eigenvalue weighted by atomic mass is 9.94. The smallest absolute Gasteiger partial charge is 0.348 e. The van der Waals surface area contributed by atoms with Crippen LogP contribution in [-0.4, -0.2) is 58.0 Å². The molecule has 1 amide bonds. The van der Waals surface area contributed by atoms with E-state index in [0.29, 0.717) is 29.9 Å². The largest absolute Gasteiger partial charge is 0.452 e. The summed E-state index contributed by atoms with van der Waals surface area (Å²) >= 11 is 0. The van der Waals surface area contributed by atoms with Gasteiger partial charge in [0.2, 0.25) is 5.91 Å². The second-order valence-electron chi connectivity index (χ2n) is 11.3. The Balaban J connectivity index is 1.38. The van der Waals surface area contributed by atoms with Gasteiger partial charge in [-0.2, -0.15) is 4.98 Å². The van der Waals surface area contributed by atoms with Crippen molar-refractivity contribution in [2.45, 2.75) is 38.4 Å². The Hall–Kier alpha value is -4.27. The third-order valence-corrected chi connectivity index (χ3v) is 8.68. The van der Waals surface area contributed by atoms with Crippen LogP contribution in [0.1, 0.15) is 24.0 Å². The van der Waals surface area contributed by atoms with E-state index in [0.717, 1.165) is 66.5 Å². The van der Waals surface area contributed by atoms with Crippen LogP contribution in [0.25, 0.3) is 44.5 Å². The minimum absolute atomic E-state index is 0.298. The van der Waals surface area contributed by atoms with Gasteiger partial charge >= 0.3 is 5.69 Å². The molecule has 0 aliphatic carbocycles. The summed E-state index contributed by atoms with van der Waals surface area (Å²) in [7, 11) is 2.16. The van der Waals surface area contributed by atoms with Crippen molar-refractivity contribution in [3.05, 3.63) is 88.3 Å². The fraction of sp³-hybridized carbons (Fsp3) is 0.303. The highest BCUT2D eigenvalue weighted by Crippen LogP contribution is 2.36. The van der Waals surface area contributed by atoms with E-state index in [4.69, 9.17) is 10.2 Å². The van der Waals surface area contributed by atoms with Crippen LogP contribution in [-0.2, 0) is 24.3 Å². The number of likely N-dealkylation sites (tertiary alicyclic amines) is 1. The van der Waals surface area contributed by atoms with E-state index in [9.17, 15) is 9.59 Å². The topological polar surface area (TPSA) is 97.6 Å². The summed E-state index contributed by atoms with van der Waals surface area (Å²) < 4.78 is 8.15. The molecule has 2 aromatic heterocycles. The minimum atomic E-state index is -0.337. The summed E-state index contributed by atoms with van der Waals surface area (Å²) in [6.07, 6.45) is 2.73. The molecular weight excluding hydrogens is 514 g/mol.